The van der Waals surface area contributed by atoms with Crippen LogP contribution in [0.4, 0.5) is 5.69 Å². The summed E-state index contributed by atoms with van der Waals surface area (Å²) < 4.78 is 11.5. The fraction of sp³-hybridized carbons (Fsp3) is 0.154. The molecule has 4 nitrogen and oxygen atoms in total. The predicted molar refractivity (Wildman–Crippen MR) is 76.8 cm³/mol. The Morgan fingerprint density at radius 1 is 1.26 bits per heavy atom. The average Bonchev–Trinajstić information content (AvgIpc) is 2.85. The molecule has 0 saturated heterocycles. The number of nitrogens with one attached hydrogen (secondary N) is 1. The monoisotopic (exact) mass is 340 g/mol. The lowest BCUT2D eigenvalue weighted by Gasteiger charge is -2.09. The molecule has 0 atom stereocenters. The quantitative estimate of drug-likeness (QED) is 0.921. The second-order valence-corrected chi connectivity index (χ2v) is 5.33. The Hall–Kier alpha value is -1.46. The van der Waals surface area contributed by atoms with E-state index >= 15 is 0 Å². The minimum absolute atomic E-state index is 0.239. The van der Waals surface area contributed by atoms with Crippen molar-refractivity contribution in [1.29, 1.82) is 0 Å². The van der Waals surface area contributed by atoms with E-state index in [9.17, 15) is 0 Å². The third-order valence-electron chi connectivity index (χ3n) is 2.71. The second kappa shape index (κ2) is 5.27. The Bertz CT molecular complexity index is 604. The van der Waals surface area contributed by atoms with Gasteiger partial charge < -0.3 is 14.8 Å². The summed E-state index contributed by atoms with van der Waals surface area (Å²) in [5, 5.41) is 3.83. The number of benzene rings is 1. The van der Waals surface area contributed by atoms with E-state index in [1.807, 2.05) is 18.2 Å². The Balaban J connectivity index is 1.75. The number of nitrogens with zero attached hydrogens (tertiary/aromatic N) is 1. The molecular weight excluding hydrogens is 332 g/mol. The highest BCUT2D eigenvalue weighted by atomic mass is 79.9. The molecule has 0 aliphatic carbocycles. The van der Waals surface area contributed by atoms with Gasteiger partial charge in [-0.2, -0.15) is 0 Å². The highest BCUT2D eigenvalue weighted by Gasteiger charge is 2.16. The molecular formula is C13H10BrClN2O2. The third-order valence-corrected chi connectivity index (χ3v) is 3.49. The molecule has 3 rings (SSSR count). The van der Waals surface area contributed by atoms with E-state index in [0.29, 0.717) is 23.1 Å². The van der Waals surface area contributed by atoms with Crippen molar-refractivity contribution in [2.75, 3.05) is 12.1 Å². The lowest BCUT2D eigenvalue weighted by molar-refractivity contribution is 0.174. The van der Waals surface area contributed by atoms with Crippen molar-refractivity contribution in [3.05, 3.63) is 45.7 Å². The summed E-state index contributed by atoms with van der Waals surface area (Å²) in [4.78, 5) is 4.29. The van der Waals surface area contributed by atoms with Crippen LogP contribution in [0.25, 0.3) is 0 Å². The van der Waals surface area contributed by atoms with Crippen LogP contribution in [-0.2, 0) is 6.54 Å². The van der Waals surface area contributed by atoms with E-state index in [2.05, 4.69) is 26.2 Å². The predicted octanol–water partition coefficient (Wildman–Crippen LogP) is 3.84. The Kier molecular flexibility index (Phi) is 3.48. The SMILES string of the molecule is Clc1cc2c(cc1NCc1ccc(Br)cn1)OCO2. The fourth-order valence-electron chi connectivity index (χ4n) is 1.75. The number of anilines is 1. The maximum absolute atomic E-state index is 6.17. The van der Waals surface area contributed by atoms with E-state index in [1.54, 1.807) is 12.3 Å². The van der Waals surface area contributed by atoms with Crippen molar-refractivity contribution in [3.63, 3.8) is 0 Å². The highest BCUT2D eigenvalue weighted by Crippen LogP contribution is 2.39. The molecule has 0 fully saturated rings. The summed E-state index contributed by atoms with van der Waals surface area (Å²) in [6.07, 6.45) is 1.76. The molecule has 6 heteroatoms. The van der Waals surface area contributed by atoms with Crippen molar-refractivity contribution in [1.82, 2.24) is 4.98 Å². The molecule has 0 unspecified atom stereocenters. The smallest absolute Gasteiger partial charge is 0.231 e. The molecule has 0 bridgehead atoms. The number of pyridine rings is 1. The van der Waals surface area contributed by atoms with Gasteiger partial charge in [-0.3, -0.25) is 4.98 Å². The molecule has 0 spiro atoms. The van der Waals surface area contributed by atoms with Gasteiger partial charge in [0.15, 0.2) is 11.5 Å². The molecule has 1 aliphatic rings. The summed E-state index contributed by atoms with van der Waals surface area (Å²) >= 11 is 9.53. The fourth-order valence-corrected chi connectivity index (χ4v) is 2.20. The first-order chi connectivity index (χ1) is 9.22. The van der Waals surface area contributed by atoms with Crippen LogP contribution in [0.3, 0.4) is 0 Å². The minimum Gasteiger partial charge on any atom is -0.454 e. The van der Waals surface area contributed by atoms with Crippen LogP contribution in [-0.4, -0.2) is 11.8 Å². The van der Waals surface area contributed by atoms with E-state index in [-0.39, 0.29) is 6.79 Å². The van der Waals surface area contributed by atoms with E-state index < -0.39 is 0 Å². The Morgan fingerprint density at radius 3 is 2.79 bits per heavy atom. The molecule has 1 N–H and O–H groups in total. The summed E-state index contributed by atoms with van der Waals surface area (Å²) in [7, 11) is 0. The zero-order valence-corrected chi connectivity index (χ0v) is 12.2. The molecule has 2 aromatic rings. The third kappa shape index (κ3) is 2.77. The first kappa shape index (κ1) is 12.6. The van der Waals surface area contributed by atoms with Gasteiger partial charge >= 0.3 is 0 Å². The standard InChI is InChI=1S/C13H10BrClN2O2/c14-8-1-2-9(16-5-8)6-17-11-4-13-12(3-10(11)15)18-7-19-13/h1-5,17H,6-7H2. The van der Waals surface area contributed by atoms with Crippen LogP contribution in [0, 0.1) is 0 Å². The molecule has 0 saturated carbocycles. The summed E-state index contributed by atoms with van der Waals surface area (Å²) in [6.45, 7) is 0.829. The van der Waals surface area contributed by atoms with Crippen LogP contribution in [0.1, 0.15) is 5.69 Å². The van der Waals surface area contributed by atoms with E-state index in [1.165, 1.54) is 0 Å². The van der Waals surface area contributed by atoms with Gasteiger partial charge in [0.05, 0.1) is 22.9 Å². The lowest BCUT2D eigenvalue weighted by Crippen LogP contribution is -2.01. The number of halogens is 2. The van der Waals surface area contributed by atoms with E-state index in [4.69, 9.17) is 21.1 Å². The number of rotatable bonds is 3. The normalized spacial score (nSPS) is 12.5. The van der Waals surface area contributed by atoms with Gasteiger partial charge in [-0.05, 0) is 28.1 Å². The lowest BCUT2D eigenvalue weighted by atomic mass is 10.2. The van der Waals surface area contributed by atoms with Gasteiger partial charge in [0.25, 0.3) is 0 Å². The first-order valence-electron chi connectivity index (χ1n) is 5.66. The molecule has 1 aromatic carbocycles. The largest absolute Gasteiger partial charge is 0.454 e. The summed E-state index contributed by atoms with van der Waals surface area (Å²) in [5.41, 5.74) is 1.73. The second-order valence-electron chi connectivity index (χ2n) is 4.01. The van der Waals surface area contributed by atoms with Gasteiger partial charge in [-0.1, -0.05) is 11.6 Å². The van der Waals surface area contributed by atoms with Gasteiger partial charge in [0.2, 0.25) is 6.79 Å². The van der Waals surface area contributed by atoms with Crippen LogP contribution < -0.4 is 14.8 Å². The zero-order chi connectivity index (χ0) is 13.2. The number of aromatic nitrogens is 1. The van der Waals surface area contributed by atoms with Gasteiger partial charge in [0.1, 0.15) is 0 Å². The maximum Gasteiger partial charge on any atom is 0.231 e. The van der Waals surface area contributed by atoms with E-state index in [0.717, 1.165) is 15.9 Å². The van der Waals surface area contributed by atoms with Crippen molar-refractivity contribution < 1.29 is 9.47 Å². The molecule has 1 aliphatic heterocycles. The van der Waals surface area contributed by atoms with Crippen LogP contribution in [0.15, 0.2) is 34.9 Å². The highest BCUT2D eigenvalue weighted by molar-refractivity contribution is 9.10. The van der Waals surface area contributed by atoms with Crippen molar-refractivity contribution in [2.45, 2.75) is 6.54 Å². The molecule has 98 valence electrons. The first-order valence-corrected chi connectivity index (χ1v) is 6.83. The molecule has 0 radical (unpaired) electrons. The molecule has 19 heavy (non-hydrogen) atoms. The summed E-state index contributed by atoms with van der Waals surface area (Å²) in [5.74, 6) is 1.38. The average molecular weight is 342 g/mol. The van der Waals surface area contributed by atoms with Crippen LogP contribution in [0.5, 0.6) is 11.5 Å². The Labute approximate surface area is 123 Å². The maximum atomic E-state index is 6.17. The summed E-state index contributed by atoms with van der Waals surface area (Å²) in [6, 6.07) is 7.48. The van der Waals surface area contributed by atoms with Crippen molar-refractivity contribution in [3.8, 4) is 11.5 Å². The number of hydrogen-bond acceptors (Lipinski definition) is 4. The molecule has 0 amide bonds. The van der Waals surface area contributed by atoms with Gasteiger partial charge in [-0.25, -0.2) is 0 Å². The van der Waals surface area contributed by atoms with Gasteiger partial charge in [-0.15, -0.1) is 0 Å². The minimum atomic E-state index is 0.239. The van der Waals surface area contributed by atoms with Gasteiger partial charge in [0, 0.05) is 22.8 Å². The number of hydrogen-bond donors (Lipinski definition) is 1. The van der Waals surface area contributed by atoms with Crippen molar-refractivity contribution in [2.24, 2.45) is 0 Å². The molecule has 2 heterocycles. The topological polar surface area (TPSA) is 43.4 Å². The number of fused-ring (bicyclic) bond motifs is 1. The number of ether oxygens (including phenoxy) is 2. The Morgan fingerprint density at radius 2 is 2.05 bits per heavy atom. The van der Waals surface area contributed by atoms with Crippen LogP contribution in [0.2, 0.25) is 5.02 Å². The van der Waals surface area contributed by atoms with Crippen LogP contribution >= 0.6 is 27.5 Å². The van der Waals surface area contributed by atoms with Crippen molar-refractivity contribution >= 4 is 33.2 Å². The molecule has 1 aromatic heterocycles. The zero-order valence-electron chi connectivity index (χ0n) is 9.82.